The van der Waals surface area contributed by atoms with E-state index >= 15 is 0 Å². The zero-order chi connectivity index (χ0) is 15.2. The Balaban J connectivity index is 1.99. The van der Waals surface area contributed by atoms with E-state index in [0.717, 1.165) is 17.1 Å². The van der Waals surface area contributed by atoms with Crippen molar-refractivity contribution in [1.29, 1.82) is 0 Å². The minimum atomic E-state index is -0.333. The van der Waals surface area contributed by atoms with Gasteiger partial charge in [0.1, 0.15) is 11.0 Å². The van der Waals surface area contributed by atoms with E-state index in [0.29, 0.717) is 16.6 Å². The number of carbonyl (C=O) groups excluding carboxylic acids is 1. The summed E-state index contributed by atoms with van der Waals surface area (Å²) in [5.41, 5.74) is 0.855. The van der Waals surface area contributed by atoms with Crippen molar-refractivity contribution in [3.63, 3.8) is 0 Å². The standard InChI is InChI=1S/C14H17ClN4OS/c1-3-11(16-10-7-5-9(15)6-8-10)13(20)17-14-19-18-12(4-2)21-14/h5-8,11,16H,3-4H2,1-2H3,(H,17,19,20)/t11-/m0/s1. The normalized spacial score (nSPS) is 12.0. The average Bonchev–Trinajstić information content (AvgIpc) is 2.94. The first-order valence-electron chi connectivity index (χ1n) is 6.77. The first kappa shape index (κ1) is 15.7. The van der Waals surface area contributed by atoms with E-state index in [1.165, 1.54) is 11.3 Å². The fraction of sp³-hybridized carbons (Fsp3) is 0.357. The molecule has 7 heteroatoms. The molecule has 0 aliphatic heterocycles. The molecule has 1 aromatic heterocycles. The van der Waals surface area contributed by atoms with Crippen LogP contribution in [0.5, 0.6) is 0 Å². The number of nitrogens with zero attached hydrogens (tertiary/aromatic N) is 2. The Morgan fingerprint density at radius 1 is 1.29 bits per heavy atom. The van der Waals surface area contributed by atoms with Crippen LogP contribution in [0.4, 0.5) is 10.8 Å². The van der Waals surface area contributed by atoms with Gasteiger partial charge in [-0.3, -0.25) is 10.1 Å². The highest BCUT2D eigenvalue weighted by atomic mass is 35.5. The Labute approximate surface area is 132 Å². The Hall–Kier alpha value is -1.66. The number of anilines is 2. The Bertz CT molecular complexity index is 599. The van der Waals surface area contributed by atoms with Crippen molar-refractivity contribution in [2.45, 2.75) is 32.7 Å². The molecule has 2 aromatic rings. The van der Waals surface area contributed by atoms with Crippen LogP contribution in [0.15, 0.2) is 24.3 Å². The second kappa shape index (κ2) is 7.38. The lowest BCUT2D eigenvalue weighted by Crippen LogP contribution is -2.34. The minimum absolute atomic E-state index is 0.119. The summed E-state index contributed by atoms with van der Waals surface area (Å²) in [7, 11) is 0. The summed E-state index contributed by atoms with van der Waals surface area (Å²) >= 11 is 7.25. The molecular formula is C14H17ClN4OS. The Morgan fingerprint density at radius 2 is 2.00 bits per heavy atom. The molecule has 0 spiro atoms. The number of carbonyl (C=O) groups is 1. The molecule has 0 saturated carbocycles. The number of hydrogen-bond acceptors (Lipinski definition) is 5. The van der Waals surface area contributed by atoms with E-state index in [9.17, 15) is 4.79 Å². The zero-order valence-corrected chi connectivity index (χ0v) is 13.5. The first-order valence-corrected chi connectivity index (χ1v) is 7.97. The van der Waals surface area contributed by atoms with E-state index in [1.807, 2.05) is 26.0 Å². The summed E-state index contributed by atoms with van der Waals surface area (Å²) in [5.74, 6) is -0.119. The fourth-order valence-electron chi connectivity index (χ4n) is 1.74. The van der Waals surface area contributed by atoms with Crippen LogP contribution in [0.2, 0.25) is 5.02 Å². The topological polar surface area (TPSA) is 66.9 Å². The number of aromatic nitrogens is 2. The van der Waals surface area contributed by atoms with Crippen molar-refractivity contribution in [3.05, 3.63) is 34.3 Å². The number of halogens is 1. The summed E-state index contributed by atoms with van der Waals surface area (Å²) in [5, 5.41) is 16.0. The summed E-state index contributed by atoms with van der Waals surface area (Å²) in [4.78, 5) is 12.3. The molecule has 1 atom stereocenters. The lowest BCUT2D eigenvalue weighted by Gasteiger charge is -2.17. The highest BCUT2D eigenvalue weighted by molar-refractivity contribution is 7.15. The van der Waals surface area contributed by atoms with E-state index in [4.69, 9.17) is 11.6 Å². The second-order valence-electron chi connectivity index (χ2n) is 4.46. The lowest BCUT2D eigenvalue weighted by atomic mass is 10.2. The molecule has 0 fully saturated rings. The molecule has 5 nitrogen and oxygen atoms in total. The quantitative estimate of drug-likeness (QED) is 0.852. The molecular weight excluding hydrogens is 308 g/mol. The third-order valence-corrected chi connectivity index (χ3v) is 4.14. The third kappa shape index (κ3) is 4.41. The van der Waals surface area contributed by atoms with Gasteiger partial charge in [-0.1, -0.05) is 36.8 Å². The van der Waals surface area contributed by atoms with Gasteiger partial charge in [0.05, 0.1) is 0 Å². The van der Waals surface area contributed by atoms with Gasteiger partial charge in [-0.2, -0.15) is 0 Å². The van der Waals surface area contributed by atoms with Gasteiger partial charge in [-0.25, -0.2) is 0 Å². The van der Waals surface area contributed by atoms with Crippen LogP contribution >= 0.6 is 22.9 Å². The van der Waals surface area contributed by atoms with Crippen LogP contribution in [-0.2, 0) is 11.2 Å². The lowest BCUT2D eigenvalue weighted by molar-refractivity contribution is -0.117. The zero-order valence-electron chi connectivity index (χ0n) is 11.9. The maximum atomic E-state index is 12.3. The van der Waals surface area contributed by atoms with Crippen LogP contribution < -0.4 is 10.6 Å². The predicted octanol–water partition coefficient (Wildman–Crippen LogP) is 3.58. The number of hydrogen-bond donors (Lipinski definition) is 2. The van der Waals surface area contributed by atoms with Crippen molar-refractivity contribution >= 4 is 39.7 Å². The smallest absolute Gasteiger partial charge is 0.248 e. The largest absolute Gasteiger partial charge is 0.374 e. The Morgan fingerprint density at radius 3 is 2.57 bits per heavy atom. The van der Waals surface area contributed by atoms with E-state index in [2.05, 4.69) is 20.8 Å². The summed E-state index contributed by atoms with van der Waals surface area (Å²) in [6.07, 6.45) is 1.47. The van der Waals surface area contributed by atoms with Gasteiger partial charge >= 0.3 is 0 Å². The summed E-state index contributed by atoms with van der Waals surface area (Å²) in [6.45, 7) is 3.95. The van der Waals surface area contributed by atoms with Crippen LogP contribution in [-0.4, -0.2) is 22.1 Å². The Kier molecular flexibility index (Phi) is 5.52. The maximum Gasteiger partial charge on any atom is 0.248 e. The maximum absolute atomic E-state index is 12.3. The highest BCUT2D eigenvalue weighted by Gasteiger charge is 2.18. The van der Waals surface area contributed by atoms with Crippen molar-refractivity contribution in [2.75, 3.05) is 10.6 Å². The molecule has 0 saturated heterocycles. The molecule has 1 aromatic carbocycles. The molecule has 21 heavy (non-hydrogen) atoms. The van der Waals surface area contributed by atoms with Crippen LogP contribution in [0.1, 0.15) is 25.3 Å². The van der Waals surface area contributed by atoms with Gasteiger partial charge in [-0.15, -0.1) is 10.2 Å². The molecule has 0 unspecified atom stereocenters. The van der Waals surface area contributed by atoms with Crippen LogP contribution in [0.25, 0.3) is 0 Å². The van der Waals surface area contributed by atoms with E-state index < -0.39 is 0 Å². The fourth-order valence-corrected chi connectivity index (χ4v) is 2.55. The molecule has 0 radical (unpaired) electrons. The third-order valence-electron chi connectivity index (χ3n) is 2.91. The molecule has 2 rings (SSSR count). The van der Waals surface area contributed by atoms with Crippen molar-refractivity contribution in [3.8, 4) is 0 Å². The van der Waals surface area contributed by atoms with Crippen molar-refractivity contribution < 1.29 is 4.79 Å². The number of aryl methyl sites for hydroxylation is 1. The number of amides is 1. The molecule has 0 aliphatic rings. The van der Waals surface area contributed by atoms with Gasteiger partial charge in [0.25, 0.3) is 0 Å². The van der Waals surface area contributed by atoms with Crippen molar-refractivity contribution in [1.82, 2.24) is 10.2 Å². The van der Waals surface area contributed by atoms with Gasteiger partial charge in [0, 0.05) is 10.7 Å². The average molecular weight is 325 g/mol. The number of rotatable bonds is 6. The first-order chi connectivity index (χ1) is 10.1. The number of benzene rings is 1. The minimum Gasteiger partial charge on any atom is -0.374 e. The van der Waals surface area contributed by atoms with Gasteiger partial charge in [0.15, 0.2) is 0 Å². The number of nitrogens with one attached hydrogen (secondary N) is 2. The molecule has 0 bridgehead atoms. The second-order valence-corrected chi connectivity index (χ2v) is 5.95. The summed E-state index contributed by atoms with van der Waals surface area (Å²) in [6, 6.07) is 6.93. The predicted molar refractivity (Wildman–Crippen MR) is 87.1 cm³/mol. The monoisotopic (exact) mass is 324 g/mol. The van der Waals surface area contributed by atoms with Gasteiger partial charge < -0.3 is 5.32 Å². The summed E-state index contributed by atoms with van der Waals surface area (Å²) < 4.78 is 0. The molecule has 2 N–H and O–H groups in total. The van der Waals surface area contributed by atoms with E-state index in [1.54, 1.807) is 12.1 Å². The van der Waals surface area contributed by atoms with Gasteiger partial charge in [-0.05, 0) is 37.1 Å². The van der Waals surface area contributed by atoms with Gasteiger partial charge in [0.2, 0.25) is 11.0 Å². The highest BCUT2D eigenvalue weighted by Crippen LogP contribution is 2.18. The molecule has 1 amide bonds. The SMILES string of the molecule is CCc1nnc(NC(=O)[C@H](CC)Nc2ccc(Cl)cc2)s1. The van der Waals surface area contributed by atoms with Crippen LogP contribution in [0, 0.1) is 0 Å². The van der Waals surface area contributed by atoms with E-state index in [-0.39, 0.29) is 11.9 Å². The molecule has 0 aliphatic carbocycles. The van der Waals surface area contributed by atoms with Crippen LogP contribution in [0.3, 0.4) is 0 Å². The molecule has 112 valence electrons. The van der Waals surface area contributed by atoms with Crippen molar-refractivity contribution in [2.24, 2.45) is 0 Å². The molecule has 1 heterocycles.